The molecule has 0 radical (unpaired) electrons. The molecule has 1 aliphatic heterocycles. The zero-order chi connectivity index (χ0) is 17.5. The standard InChI is InChI=1S/C15H17F3IN5/c16-15(17,18)9-4-5-11(10(19)8-9)24-13(21)22-12(20)23-14(24)6-2-1-3-7-14/h4-5,8H,1-3,6-7H2,(H4,20,21,22,23). The average Bonchev–Trinajstić information content (AvgIpc) is 2.47. The van der Waals surface area contributed by atoms with E-state index in [1.165, 1.54) is 6.07 Å². The maximum Gasteiger partial charge on any atom is 0.416 e. The lowest BCUT2D eigenvalue weighted by Gasteiger charge is -2.46. The third kappa shape index (κ3) is 3.05. The van der Waals surface area contributed by atoms with E-state index >= 15 is 0 Å². The van der Waals surface area contributed by atoms with Crippen LogP contribution in [0.15, 0.2) is 28.2 Å². The van der Waals surface area contributed by atoms with Crippen LogP contribution in [-0.2, 0) is 6.18 Å². The summed E-state index contributed by atoms with van der Waals surface area (Å²) in [5.74, 6) is 0.287. The normalized spacial score (nSPS) is 20.8. The van der Waals surface area contributed by atoms with Gasteiger partial charge in [0.2, 0.25) is 11.9 Å². The first-order chi connectivity index (χ1) is 11.2. The fourth-order valence-corrected chi connectivity index (χ4v) is 4.09. The van der Waals surface area contributed by atoms with Gasteiger partial charge in [0.25, 0.3) is 0 Å². The van der Waals surface area contributed by atoms with Gasteiger partial charge in [-0.2, -0.15) is 18.2 Å². The molecule has 0 bridgehead atoms. The minimum absolute atomic E-state index is 0.118. The van der Waals surface area contributed by atoms with Crippen LogP contribution in [0.1, 0.15) is 37.7 Å². The van der Waals surface area contributed by atoms with Crippen LogP contribution in [0.5, 0.6) is 0 Å². The molecule has 3 rings (SSSR count). The highest BCUT2D eigenvalue weighted by Crippen LogP contribution is 2.42. The highest BCUT2D eigenvalue weighted by molar-refractivity contribution is 14.1. The number of benzene rings is 1. The van der Waals surface area contributed by atoms with Crippen LogP contribution in [-0.4, -0.2) is 17.6 Å². The van der Waals surface area contributed by atoms with E-state index in [4.69, 9.17) is 11.5 Å². The molecule has 1 saturated carbocycles. The van der Waals surface area contributed by atoms with Crippen molar-refractivity contribution in [3.05, 3.63) is 27.3 Å². The molecule has 9 heteroatoms. The number of rotatable bonds is 1. The highest BCUT2D eigenvalue weighted by atomic mass is 127. The quantitative estimate of drug-likeness (QED) is 0.643. The lowest BCUT2D eigenvalue weighted by atomic mass is 9.87. The lowest BCUT2D eigenvalue weighted by Crippen LogP contribution is -2.58. The fourth-order valence-electron chi connectivity index (χ4n) is 3.33. The van der Waals surface area contributed by atoms with Crippen molar-refractivity contribution in [3.8, 4) is 0 Å². The molecule has 2 aliphatic rings. The van der Waals surface area contributed by atoms with E-state index in [1.54, 1.807) is 4.90 Å². The third-order valence-electron chi connectivity index (χ3n) is 4.37. The number of hydrogen-bond donors (Lipinski definition) is 2. The molecule has 1 aromatic rings. The largest absolute Gasteiger partial charge is 0.416 e. The summed E-state index contributed by atoms with van der Waals surface area (Å²) in [5, 5.41) is 0. The van der Waals surface area contributed by atoms with Crippen LogP contribution in [0.2, 0.25) is 0 Å². The van der Waals surface area contributed by atoms with Crippen LogP contribution >= 0.6 is 22.6 Å². The zero-order valence-corrected chi connectivity index (χ0v) is 14.9. The van der Waals surface area contributed by atoms with Crippen molar-refractivity contribution in [1.29, 1.82) is 0 Å². The molecule has 1 aliphatic carbocycles. The summed E-state index contributed by atoms with van der Waals surface area (Å²) >= 11 is 1.89. The topological polar surface area (TPSA) is 80.0 Å². The van der Waals surface area contributed by atoms with E-state index in [0.29, 0.717) is 9.26 Å². The zero-order valence-electron chi connectivity index (χ0n) is 12.8. The summed E-state index contributed by atoms with van der Waals surface area (Å²) in [5.41, 5.74) is 11.1. The fraction of sp³-hybridized carbons (Fsp3) is 0.467. The molecule has 1 fully saturated rings. The van der Waals surface area contributed by atoms with E-state index in [0.717, 1.165) is 44.2 Å². The van der Waals surface area contributed by atoms with Crippen molar-refractivity contribution in [2.24, 2.45) is 21.5 Å². The van der Waals surface area contributed by atoms with Crippen LogP contribution < -0.4 is 16.4 Å². The minimum Gasteiger partial charge on any atom is -0.369 e. The van der Waals surface area contributed by atoms with Crippen LogP contribution in [0.25, 0.3) is 0 Å². The number of hydrogen-bond acceptors (Lipinski definition) is 5. The van der Waals surface area contributed by atoms with Gasteiger partial charge in [-0.1, -0.05) is 6.42 Å². The highest BCUT2D eigenvalue weighted by Gasteiger charge is 2.43. The number of aliphatic imine (C=N–C) groups is 2. The van der Waals surface area contributed by atoms with E-state index in [1.807, 2.05) is 22.6 Å². The predicted octanol–water partition coefficient (Wildman–Crippen LogP) is 3.42. The van der Waals surface area contributed by atoms with Gasteiger partial charge in [-0.15, -0.1) is 0 Å². The van der Waals surface area contributed by atoms with Crippen molar-refractivity contribution >= 4 is 40.2 Å². The summed E-state index contributed by atoms with van der Waals surface area (Å²) in [4.78, 5) is 10.3. The summed E-state index contributed by atoms with van der Waals surface area (Å²) < 4.78 is 39.2. The molecule has 24 heavy (non-hydrogen) atoms. The first-order valence-corrected chi connectivity index (χ1v) is 8.67. The molecule has 0 saturated heterocycles. The Morgan fingerprint density at radius 1 is 1.12 bits per heavy atom. The lowest BCUT2D eigenvalue weighted by molar-refractivity contribution is -0.137. The number of nitrogens with zero attached hydrogens (tertiary/aromatic N) is 3. The van der Waals surface area contributed by atoms with Crippen LogP contribution in [0.4, 0.5) is 18.9 Å². The van der Waals surface area contributed by atoms with Gasteiger partial charge >= 0.3 is 6.18 Å². The van der Waals surface area contributed by atoms with Gasteiger partial charge in [0.15, 0.2) is 0 Å². The number of alkyl halides is 3. The van der Waals surface area contributed by atoms with Crippen LogP contribution in [0.3, 0.4) is 0 Å². The van der Waals surface area contributed by atoms with Gasteiger partial charge in [-0.3, -0.25) is 4.90 Å². The molecule has 0 amide bonds. The van der Waals surface area contributed by atoms with Crippen molar-refractivity contribution in [2.45, 2.75) is 43.9 Å². The Hall–Kier alpha value is -1.52. The van der Waals surface area contributed by atoms with Crippen LogP contribution in [0, 0.1) is 3.57 Å². The number of halogens is 4. The predicted molar refractivity (Wildman–Crippen MR) is 95.7 cm³/mol. The first kappa shape index (κ1) is 17.3. The first-order valence-electron chi connectivity index (χ1n) is 7.59. The Morgan fingerprint density at radius 2 is 1.79 bits per heavy atom. The summed E-state index contributed by atoms with van der Waals surface area (Å²) in [6.07, 6.45) is 0.0921. The Morgan fingerprint density at radius 3 is 2.38 bits per heavy atom. The molecule has 5 nitrogen and oxygen atoms in total. The molecule has 4 N–H and O–H groups in total. The SMILES string of the molecule is NC1=NC2(CCCCC2)N(c2ccc(C(F)(F)F)cc2I)C(N)=N1. The molecule has 130 valence electrons. The second kappa shape index (κ2) is 6.08. The van der Waals surface area contributed by atoms with E-state index in [9.17, 15) is 13.2 Å². The summed E-state index contributed by atoms with van der Waals surface area (Å²) in [6, 6.07) is 3.60. The van der Waals surface area contributed by atoms with E-state index in [-0.39, 0.29) is 11.9 Å². The van der Waals surface area contributed by atoms with Gasteiger partial charge in [-0.05, 0) is 66.5 Å². The Balaban J connectivity index is 2.07. The van der Waals surface area contributed by atoms with Gasteiger partial charge < -0.3 is 11.5 Å². The minimum atomic E-state index is -4.38. The number of guanidine groups is 2. The molecule has 0 unspecified atom stereocenters. The monoisotopic (exact) mass is 451 g/mol. The second-order valence-corrected chi connectivity index (χ2v) is 7.14. The van der Waals surface area contributed by atoms with E-state index < -0.39 is 17.4 Å². The number of anilines is 1. The molecule has 1 spiro atoms. The summed E-state index contributed by atoms with van der Waals surface area (Å²) in [7, 11) is 0. The molecule has 0 atom stereocenters. The summed E-state index contributed by atoms with van der Waals surface area (Å²) in [6.45, 7) is 0. The maximum atomic E-state index is 12.9. The average molecular weight is 451 g/mol. The Labute approximate surface area is 151 Å². The molecular weight excluding hydrogens is 434 g/mol. The van der Waals surface area contributed by atoms with Crippen molar-refractivity contribution in [3.63, 3.8) is 0 Å². The number of nitrogens with two attached hydrogens (primary N) is 2. The van der Waals surface area contributed by atoms with Crippen molar-refractivity contribution < 1.29 is 13.2 Å². The van der Waals surface area contributed by atoms with Crippen molar-refractivity contribution in [2.75, 3.05) is 4.90 Å². The molecule has 1 aromatic carbocycles. The smallest absolute Gasteiger partial charge is 0.369 e. The van der Waals surface area contributed by atoms with Gasteiger partial charge in [0, 0.05) is 3.57 Å². The Kier molecular flexibility index (Phi) is 4.39. The molecular formula is C15H17F3IN5. The van der Waals surface area contributed by atoms with Gasteiger partial charge in [-0.25, -0.2) is 4.99 Å². The molecule has 1 heterocycles. The van der Waals surface area contributed by atoms with Gasteiger partial charge in [0.05, 0.1) is 11.3 Å². The Bertz CT molecular complexity index is 708. The van der Waals surface area contributed by atoms with Gasteiger partial charge in [0.1, 0.15) is 5.66 Å². The van der Waals surface area contributed by atoms with Crippen molar-refractivity contribution in [1.82, 2.24) is 0 Å². The third-order valence-corrected chi connectivity index (χ3v) is 5.23. The molecule has 0 aromatic heterocycles. The second-order valence-electron chi connectivity index (χ2n) is 5.98. The maximum absolute atomic E-state index is 12.9. The van der Waals surface area contributed by atoms with E-state index in [2.05, 4.69) is 9.98 Å².